The molecule has 1 amide bonds. The number of anilines is 1. The predicted octanol–water partition coefficient (Wildman–Crippen LogP) is 3.15. The quantitative estimate of drug-likeness (QED) is 0.751. The van der Waals surface area contributed by atoms with Crippen LogP contribution in [0.5, 0.6) is 0 Å². The molecule has 0 aliphatic heterocycles. The lowest BCUT2D eigenvalue weighted by molar-refractivity contribution is -0.117. The fraction of sp³-hybridized carbons (Fsp3) is 0.385. The van der Waals surface area contributed by atoms with E-state index in [-0.39, 0.29) is 21.3 Å². The molecule has 1 aromatic rings. The van der Waals surface area contributed by atoms with E-state index in [0.717, 1.165) is 12.8 Å². The minimum absolute atomic E-state index is 0.0479. The molecule has 1 unspecified atom stereocenters. The molecule has 0 bridgehead atoms. The van der Waals surface area contributed by atoms with Crippen molar-refractivity contribution in [3.8, 4) is 0 Å². The Bertz CT molecular complexity index is 497. The Balaban J connectivity index is 2.87. The van der Waals surface area contributed by atoms with Crippen molar-refractivity contribution in [1.29, 1.82) is 0 Å². The van der Waals surface area contributed by atoms with Crippen LogP contribution in [0.15, 0.2) is 12.1 Å². The van der Waals surface area contributed by atoms with E-state index in [0.29, 0.717) is 6.42 Å². The van der Waals surface area contributed by atoms with Crippen molar-refractivity contribution >= 4 is 40.8 Å². The minimum Gasteiger partial charge on any atom is -0.478 e. The Morgan fingerprint density at radius 1 is 1.35 bits per heavy atom. The molecule has 0 spiro atoms. The number of benzene rings is 1. The lowest BCUT2D eigenvalue weighted by Gasteiger charge is -2.14. The number of aromatic carboxylic acids is 1. The molecule has 0 radical (unpaired) electrons. The summed E-state index contributed by atoms with van der Waals surface area (Å²) in [4.78, 5) is 22.7. The molecule has 4 N–H and O–H groups in total. The number of carbonyl (C=O) groups is 2. The highest BCUT2D eigenvalue weighted by molar-refractivity contribution is 6.40. The number of halogens is 2. The molecule has 110 valence electrons. The minimum atomic E-state index is -1.15. The van der Waals surface area contributed by atoms with Gasteiger partial charge in [-0.3, -0.25) is 4.79 Å². The van der Waals surface area contributed by atoms with Gasteiger partial charge in [0.25, 0.3) is 0 Å². The Hall–Kier alpha value is -1.30. The molecule has 1 aromatic carbocycles. The lowest BCUT2D eigenvalue weighted by atomic mass is 10.1. The first kappa shape index (κ1) is 16.8. The second-order valence-electron chi connectivity index (χ2n) is 4.36. The van der Waals surface area contributed by atoms with Gasteiger partial charge in [0, 0.05) is 0 Å². The molecular weight excluding hydrogens is 303 g/mol. The van der Waals surface area contributed by atoms with Crippen molar-refractivity contribution in [1.82, 2.24) is 0 Å². The summed E-state index contributed by atoms with van der Waals surface area (Å²) in [5, 5.41) is 11.5. The summed E-state index contributed by atoms with van der Waals surface area (Å²) in [7, 11) is 0. The normalized spacial score (nSPS) is 12.0. The van der Waals surface area contributed by atoms with Gasteiger partial charge < -0.3 is 16.2 Å². The fourth-order valence-electron chi connectivity index (χ4n) is 1.59. The average molecular weight is 319 g/mol. The van der Waals surface area contributed by atoms with Crippen LogP contribution < -0.4 is 11.1 Å². The topological polar surface area (TPSA) is 92.4 Å². The molecule has 0 saturated heterocycles. The number of hydrogen-bond donors (Lipinski definition) is 3. The van der Waals surface area contributed by atoms with E-state index in [2.05, 4.69) is 5.32 Å². The van der Waals surface area contributed by atoms with Crippen LogP contribution >= 0.6 is 23.2 Å². The molecule has 0 saturated carbocycles. The zero-order valence-electron chi connectivity index (χ0n) is 11.0. The molecule has 1 atom stereocenters. The van der Waals surface area contributed by atoms with E-state index in [1.807, 2.05) is 6.92 Å². The maximum Gasteiger partial charge on any atom is 0.335 e. The molecule has 0 aliphatic carbocycles. The Kier molecular flexibility index (Phi) is 6.26. The summed E-state index contributed by atoms with van der Waals surface area (Å²) in [6, 6.07) is 1.80. The van der Waals surface area contributed by atoms with Crippen LogP contribution in [0.2, 0.25) is 10.0 Å². The molecule has 0 aliphatic rings. The molecule has 7 heteroatoms. The van der Waals surface area contributed by atoms with Gasteiger partial charge in [-0.2, -0.15) is 0 Å². The van der Waals surface area contributed by atoms with Gasteiger partial charge in [0.2, 0.25) is 5.91 Å². The highest BCUT2D eigenvalue weighted by Crippen LogP contribution is 2.32. The third-order valence-corrected chi connectivity index (χ3v) is 3.34. The van der Waals surface area contributed by atoms with Crippen molar-refractivity contribution in [2.24, 2.45) is 5.73 Å². The van der Waals surface area contributed by atoms with Crippen LogP contribution in [-0.2, 0) is 4.79 Å². The first-order chi connectivity index (χ1) is 9.36. The Labute approximate surface area is 127 Å². The van der Waals surface area contributed by atoms with Gasteiger partial charge in [0.05, 0.1) is 27.3 Å². The van der Waals surface area contributed by atoms with Gasteiger partial charge in [0.15, 0.2) is 0 Å². The number of rotatable bonds is 6. The molecule has 20 heavy (non-hydrogen) atoms. The van der Waals surface area contributed by atoms with Crippen LogP contribution in [0.1, 0.15) is 36.5 Å². The van der Waals surface area contributed by atoms with E-state index in [4.69, 9.17) is 34.0 Å². The van der Waals surface area contributed by atoms with Crippen LogP contribution in [0.25, 0.3) is 0 Å². The van der Waals surface area contributed by atoms with Gasteiger partial charge in [-0.25, -0.2) is 4.79 Å². The molecule has 1 rings (SSSR count). The second-order valence-corrected chi connectivity index (χ2v) is 5.17. The van der Waals surface area contributed by atoms with Gasteiger partial charge in [-0.15, -0.1) is 0 Å². The number of amides is 1. The van der Waals surface area contributed by atoms with Gasteiger partial charge in [0.1, 0.15) is 0 Å². The summed E-state index contributed by atoms with van der Waals surface area (Å²) in [5.41, 5.74) is 5.87. The molecule has 0 aromatic heterocycles. The third-order valence-electron chi connectivity index (χ3n) is 2.74. The first-order valence-corrected chi connectivity index (χ1v) is 6.91. The monoisotopic (exact) mass is 318 g/mol. The van der Waals surface area contributed by atoms with Crippen molar-refractivity contribution in [3.05, 3.63) is 27.7 Å². The maximum absolute atomic E-state index is 11.9. The summed E-state index contributed by atoms with van der Waals surface area (Å²) in [5.74, 6) is -1.54. The molecular formula is C13H16Cl2N2O3. The van der Waals surface area contributed by atoms with E-state index < -0.39 is 17.9 Å². The van der Waals surface area contributed by atoms with E-state index in [1.54, 1.807) is 0 Å². The number of carboxylic acid groups (broad SMARTS) is 1. The number of hydrogen-bond acceptors (Lipinski definition) is 3. The van der Waals surface area contributed by atoms with Crippen LogP contribution in [-0.4, -0.2) is 23.0 Å². The number of carboxylic acids is 1. The smallest absolute Gasteiger partial charge is 0.335 e. The fourth-order valence-corrected chi connectivity index (χ4v) is 2.17. The standard InChI is InChI=1S/C13H16Cl2N2O3/c1-2-3-4-10(16)12(18)17-11-8(14)5-7(13(19)20)6-9(11)15/h5-6,10H,2-4,16H2,1H3,(H,17,18)(H,19,20). The van der Waals surface area contributed by atoms with Crippen LogP contribution in [0, 0.1) is 0 Å². The Morgan fingerprint density at radius 3 is 2.35 bits per heavy atom. The van der Waals surface area contributed by atoms with Crippen LogP contribution in [0.4, 0.5) is 5.69 Å². The van der Waals surface area contributed by atoms with E-state index in [9.17, 15) is 9.59 Å². The van der Waals surface area contributed by atoms with Crippen LogP contribution in [0.3, 0.4) is 0 Å². The largest absolute Gasteiger partial charge is 0.478 e. The third kappa shape index (κ3) is 4.37. The summed E-state index contributed by atoms with van der Waals surface area (Å²) < 4.78 is 0. The molecule has 5 nitrogen and oxygen atoms in total. The molecule has 0 heterocycles. The summed E-state index contributed by atoms with van der Waals surface area (Å²) >= 11 is 11.9. The molecule has 0 fully saturated rings. The average Bonchev–Trinajstić information content (AvgIpc) is 2.39. The SMILES string of the molecule is CCCCC(N)C(=O)Nc1c(Cl)cc(C(=O)O)cc1Cl. The van der Waals surface area contributed by atoms with E-state index in [1.165, 1.54) is 12.1 Å². The highest BCUT2D eigenvalue weighted by Gasteiger charge is 2.18. The van der Waals surface area contributed by atoms with Crippen molar-refractivity contribution in [2.75, 3.05) is 5.32 Å². The van der Waals surface area contributed by atoms with Gasteiger partial charge in [-0.05, 0) is 18.6 Å². The Morgan fingerprint density at radius 2 is 1.90 bits per heavy atom. The van der Waals surface area contributed by atoms with Crippen molar-refractivity contribution in [2.45, 2.75) is 32.2 Å². The van der Waals surface area contributed by atoms with E-state index >= 15 is 0 Å². The van der Waals surface area contributed by atoms with Crippen molar-refractivity contribution in [3.63, 3.8) is 0 Å². The first-order valence-electron chi connectivity index (χ1n) is 6.15. The predicted molar refractivity (Wildman–Crippen MR) is 79.6 cm³/mol. The highest BCUT2D eigenvalue weighted by atomic mass is 35.5. The van der Waals surface area contributed by atoms with Gasteiger partial charge >= 0.3 is 5.97 Å². The number of nitrogens with two attached hydrogens (primary N) is 1. The zero-order valence-corrected chi connectivity index (χ0v) is 12.5. The number of unbranched alkanes of at least 4 members (excludes halogenated alkanes) is 1. The number of carbonyl (C=O) groups excluding carboxylic acids is 1. The maximum atomic E-state index is 11.9. The number of nitrogens with one attached hydrogen (secondary N) is 1. The lowest BCUT2D eigenvalue weighted by Crippen LogP contribution is -2.35. The summed E-state index contributed by atoms with van der Waals surface area (Å²) in [6.45, 7) is 2.00. The zero-order chi connectivity index (χ0) is 15.3. The second kappa shape index (κ2) is 7.47. The van der Waals surface area contributed by atoms with Gasteiger partial charge in [-0.1, -0.05) is 43.0 Å². The van der Waals surface area contributed by atoms with Crippen molar-refractivity contribution < 1.29 is 14.7 Å². The summed E-state index contributed by atoms with van der Waals surface area (Å²) in [6.07, 6.45) is 2.34.